The molecule has 0 amide bonds. The molecule has 1 saturated carbocycles. The van der Waals surface area contributed by atoms with Gasteiger partial charge in [0, 0.05) is 19.4 Å². The molecule has 1 rings (SSSR count). The second-order valence-electron chi connectivity index (χ2n) is 6.59. The van der Waals surface area contributed by atoms with Crippen molar-refractivity contribution in [1.29, 1.82) is 0 Å². The van der Waals surface area contributed by atoms with Gasteiger partial charge in [-0.1, -0.05) is 26.2 Å². The van der Waals surface area contributed by atoms with Gasteiger partial charge in [0.05, 0.1) is 5.60 Å². The van der Waals surface area contributed by atoms with Crippen LogP contribution in [0.4, 0.5) is 0 Å². The molecule has 0 aromatic rings. The number of ketones is 1. The maximum Gasteiger partial charge on any atom is 0.135 e. The van der Waals surface area contributed by atoms with E-state index in [1.165, 1.54) is 19.3 Å². The van der Waals surface area contributed by atoms with Crippen molar-refractivity contribution in [1.82, 2.24) is 0 Å². The minimum Gasteiger partial charge on any atom is -0.379 e. The Balaban J connectivity index is 2.10. The number of Topliss-reactive ketones (excluding diaryl/α,β-unsaturated/α-hetero) is 1. The van der Waals surface area contributed by atoms with Crippen molar-refractivity contribution < 1.29 is 9.53 Å². The predicted octanol–water partition coefficient (Wildman–Crippen LogP) is 4.37. The Bertz CT molecular complexity index is 258. The van der Waals surface area contributed by atoms with Crippen LogP contribution in [0.2, 0.25) is 0 Å². The lowest BCUT2D eigenvalue weighted by Crippen LogP contribution is -2.22. The summed E-state index contributed by atoms with van der Waals surface area (Å²) in [6.45, 7) is 6.61. The third-order valence-electron chi connectivity index (χ3n) is 4.47. The highest BCUT2D eigenvalue weighted by molar-refractivity contribution is 5.82. The van der Waals surface area contributed by atoms with Gasteiger partial charge in [-0.25, -0.2) is 0 Å². The van der Waals surface area contributed by atoms with Crippen LogP contribution in [0.25, 0.3) is 0 Å². The van der Waals surface area contributed by atoms with E-state index < -0.39 is 0 Å². The molecule has 0 spiro atoms. The van der Waals surface area contributed by atoms with Crippen LogP contribution in [-0.4, -0.2) is 18.5 Å². The normalized spacial score (nSPS) is 22.4. The van der Waals surface area contributed by atoms with Crippen molar-refractivity contribution in [2.45, 2.75) is 77.7 Å². The summed E-state index contributed by atoms with van der Waals surface area (Å²) >= 11 is 0. The Morgan fingerprint density at radius 2 is 2.11 bits per heavy atom. The second kappa shape index (κ2) is 7.28. The van der Waals surface area contributed by atoms with Crippen LogP contribution in [0.15, 0.2) is 0 Å². The Kier molecular flexibility index (Phi) is 6.34. The van der Waals surface area contributed by atoms with Crippen LogP contribution in [0.3, 0.4) is 0 Å². The molecule has 0 bridgehead atoms. The Morgan fingerprint density at radius 1 is 1.39 bits per heavy atom. The topological polar surface area (TPSA) is 26.3 Å². The summed E-state index contributed by atoms with van der Waals surface area (Å²) < 4.78 is 5.43. The zero-order valence-electron chi connectivity index (χ0n) is 12.6. The molecular formula is C16H30O2. The molecule has 1 aliphatic carbocycles. The summed E-state index contributed by atoms with van der Waals surface area (Å²) in [6.07, 6.45) is 9.03. The van der Waals surface area contributed by atoms with Crippen LogP contribution < -0.4 is 0 Å². The van der Waals surface area contributed by atoms with E-state index in [-0.39, 0.29) is 5.60 Å². The molecule has 0 aliphatic heterocycles. The number of carbonyl (C=O) groups excluding carboxylic acids is 1. The highest BCUT2D eigenvalue weighted by atomic mass is 16.5. The highest BCUT2D eigenvalue weighted by Gasteiger charge is 2.24. The molecule has 0 aromatic heterocycles. The number of ether oxygens (including phenoxy) is 1. The van der Waals surface area contributed by atoms with Crippen LogP contribution in [-0.2, 0) is 9.53 Å². The summed E-state index contributed by atoms with van der Waals surface area (Å²) in [5.41, 5.74) is 0.0150. The molecular weight excluding hydrogens is 224 g/mol. The molecule has 18 heavy (non-hydrogen) atoms. The van der Waals surface area contributed by atoms with E-state index in [2.05, 4.69) is 20.8 Å². The van der Waals surface area contributed by atoms with Crippen molar-refractivity contribution in [3.8, 4) is 0 Å². The Labute approximate surface area is 112 Å². The summed E-state index contributed by atoms with van der Waals surface area (Å²) in [7, 11) is 1.79. The molecule has 0 radical (unpaired) electrons. The molecule has 2 nitrogen and oxygen atoms in total. The van der Waals surface area contributed by atoms with Gasteiger partial charge in [0.1, 0.15) is 5.78 Å². The van der Waals surface area contributed by atoms with Crippen molar-refractivity contribution in [3.05, 3.63) is 0 Å². The van der Waals surface area contributed by atoms with E-state index in [0.29, 0.717) is 11.7 Å². The fourth-order valence-electron chi connectivity index (χ4n) is 2.80. The predicted molar refractivity (Wildman–Crippen MR) is 75.7 cm³/mol. The number of hydrogen-bond acceptors (Lipinski definition) is 2. The van der Waals surface area contributed by atoms with Gasteiger partial charge in [-0.15, -0.1) is 0 Å². The van der Waals surface area contributed by atoms with E-state index >= 15 is 0 Å². The summed E-state index contributed by atoms with van der Waals surface area (Å²) in [5, 5.41) is 0. The first-order valence-corrected chi connectivity index (χ1v) is 7.52. The van der Waals surface area contributed by atoms with E-state index in [1.54, 1.807) is 7.11 Å². The number of carbonyl (C=O) groups is 1. The Morgan fingerprint density at radius 3 is 2.67 bits per heavy atom. The lowest BCUT2D eigenvalue weighted by atomic mass is 9.90. The number of methoxy groups -OCH3 is 1. The SMILES string of the molecule is COC(C)(C)CCCC(C)CCC1CCCC1=O. The van der Waals surface area contributed by atoms with Gasteiger partial charge >= 0.3 is 0 Å². The zero-order chi connectivity index (χ0) is 13.6. The first kappa shape index (κ1) is 15.7. The molecule has 106 valence electrons. The maximum atomic E-state index is 11.6. The highest BCUT2D eigenvalue weighted by Crippen LogP contribution is 2.28. The lowest BCUT2D eigenvalue weighted by Gasteiger charge is -2.23. The van der Waals surface area contributed by atoms with Gasteiger partial charge in [-0.3, -0.25) is 4.79 Å². The summed E-state index contributed by atoms with van der Waals surface area (Å²) in [5.74, 6) is 1.65. The van der Waals surface area contributed by atoms with Crippen molar-refractivity contribution in [3.63, 3.8) is 0 Å². The van der Waals surface area contributed by atoms with Crippen LogP contribution in [0.5, 0.6) is 0 Å². The molecule has 0 heterocycles. The van der Waals surface area contributed by atoms with E-state index in [4.69, 9.17) is 4.74 Å². The second-order valence-corrected chi connectivity index (χ2v) is 6.59. The van der Waals surface area contributed by atoms with Gasteiger partial charge < -0.3 is 4.74 Å². The molecule has 1 aliphatic rings. The van der Waals surface area contributed by atoms with E-state index in [1.807, 2.05) is 0 Å². The molecule has 0 N–H and O–H groups in total. The van der Waals surface area contributed by atoms with Crippen molar-refractivity contribution in [2.24, 2.45) is 11.8 Å². The quantitative estimate of drug-likeness (QED) is 0.643. The fraction of sp³-hybridized carbons (Fsp3) is 0.938. The summed E-state index contributed by atoms with van der Waals surface area (Å²) in [6, 6.07) is 0. The van der Waals surface area contributed by atoms with Crippen LogP contribution >= 0.6 is 0 Å². The smallest absolute Gasteiger partial charge is 0.135 e. The zero-order valence-corrected chi connectivity index (χ0v) is 12.6. The molecule has 1 fully saturated rings. The van der Waals surface area contributed by atoms with Gasteiger partial charge in [0.15, 0.2) is 0 Å². The molecule has 0 aromatic carbocycles. The van der Waals surface area contributed by atoms with Gasteiger partial charge in [0.2, 0.25) is 0 Å². The maximum absolute atomic E-state index is 11.6. The summed E-state index contributed by atoms with van der Waals surface area (Å²) in [4.78, 5) is 11.6. The monoisotopic (exact) mass is 254 g/mol. The molecule has 2 atom stereocenters. The minimum atomic E-state index is 0.0150. The largest absolute Gasteiger partial charge is 0.379 e. The van der Waals surface area contributed by atoms with Crippen molar-refractivity contribution >= 4 is 5.78 Å². The standard InChI is InChI=1S/C16H30O2/c1-13(7-6-12-16(2,3)18-4)10-11-14-8-5-9-15(14)17/h13-14H,5-12H2,1-4H3. The first-order valence-electron chi connectivity index (χ1n) is 7.52. The molecule has 2 heteroatoms. The lowest BCUT2D eigenvalue weighted by molar-refractivity contribution is -0.120. The van der Waals surface area contributed by atoms with Crippen LogP contribution in [0.1, 0.15) is 72.1 Å². The minimum absolute atomic E-state index is 0.0150. The molecule has 2 unspecified atom stereocenters. The average Bonchev–Trinajstić information content (AvgIpc) is 2.72. The van der Waals surface area contributed by atoms with E-state index in [0.717, 1.165) is 38.0 Å². The third-order valence-corrected chi connectivity index (χ3v) is 4.47. The van der Waals surface area contributed by atoms with Gasteiger partial charge in [0.25, 0.3) is 0 Å². The number of rotatable bonds is 8. The number of hydrogen-bond donors (Lipinski definition) is 0. The average molecular weight is 254 g/mol. The van der Waals surface area contributed by atoms with E-state index in [9.17, 15) is 4.79 Å². The third kappa shape index (κ3) is 5.51. The Hall–Kier alpha value is -0.370. The van der Waals surface area contributed by atoms with Gasteiger partial charge in [-0.2, -0.15) is 0 Å². The van der Waals surface area contributed by atoms with Crippen LogP contribution in [0, 0.1) is 11.8 Å². The van der Waals surface area contributed by atoms with Gasteiger partial charge in [-0.05, 0) is 45.4 Å². The fourth-order valence-corrected chi connectivity index (χ4v) is 2.80. The first-order chi connectivity index (χ1) is 8.44. The van der Waals surface area contributed by atoms with Crippen molar-refractivity contribution in [2.75, 3.05) is 7.11 Å². The molecule has 0 saturated heterocycles.